The molecule has 0 atom stereocenters. The molecule has 0 bridgehead atoms. The second-order valence-electron chi connectivity index (χ2n) is 6.88. The van der Waals surface area contributed by atoms with Crippen LogP contribution in [0, 0.1) is 19.9 Å². The maximum atomic E-state index is 4.69. The van der Waals surface area contributed by atoms with Gasteiger partial charge in [-0.15, -0.1) is 34.9 Å². The largest absolute Gasteiger partial charge is 0.304 e. The molecule has 0 unspecified atom stereocenters. The summed E-state index contributed by atoms with van der Waals surface area (Å²) >= 11 is 0. The van der Waals surface area contributed by atoms with E-state index >= 15 is 0 Å². The molecule has 0 saturated heterocycles. The molecular weight excluding hydrogens is 494 g/mol. The minimum Gasteiger partial charge on any atom is -0.304 e. The van der Waals surface area contributed by atoms with Gasteiger partial charge in [-0.25, -0.2) is 0 Å². The first-order valence-electron chi connectivity index (χ1n) is 8.97. The van der Waals surface area contributed by atoms with Crippen molar-refractivity contribution in [2.24, 2.45) is 0 Å². The molecule has 0 aliphatic rings. The van der Waals surface area contributed by atoms with Gasteiger partial charge in [-0.05, 0) is 45.3 Å². The van der Waals surface area contributed by atoms with E-state index in [2.05, 4.69) is 75.4 Å². The first-order chi connectivity index (χ1) is 12.2. The molecule has 2 heteroatoms. The van der Waals surface area contributed by atoms with Crippen LogP contribution in [0.25, 0.3) is 32.8 Å². The van der Waals surface area contributed by atoms with Gasteiger partial charge in [0.15, 0.2) is 0 Å². The van der Waals surface area contributed by atoms with Crippen LogP contribution in [0.3, 0.4) is 0 Å². The van der Waals surface area contributed by atoms with Crippen LogP contribution in [0.4, 0.5) is 0 Å². The number of pyridine rings is 1. The molecule has 133 valence electrons. The Kier molecular flexibility index (Phi) is 5.55. The van der Waals surface area contributed by atoms with Crippen molar-refractivity contribution in [3.05, 3.63) is 77.5 Å². The van der Waals surface area contributed by atoms with Gasteiger partial charge in [0.25, 0.3) is 0 Å². The zero-order valence-electron chi connectivity index (χ0n) is 15.4. The Labute approximate surface area is 168 Å². The third kappa shape index (κ3) is 3.45. The minimum absolute atomic E-state index is 0. The van der Waals surface area contributed by atoms with E-state index in [9.17, 15) is 0 Å². The number of benzene rings is 3. The van der Waals surface area contributed by atoms with Gasteiger partial charge >= 0.3 is 0 Å². The summed E-state index contributed by atoms with van der Waals surface area (Å²) < 4.78 is 0. The second-order valence-corrected chi connectivity index (χ2v) is 6.88. The summed E-state index contributed by atoms with van der Waals surface area (Å²) in [5, 5.41) is 5.07. The number of rotatable bonds is 3. The Morgan fingerprint density at radius 2 is 1.69 bits per heavy atom. The smallest absolute Gasteiger partial charge is 0.0167 e. The van der Waals surface area contributed by atoms with Crippen LogP contribution in [-0.4, -0.2) is 4.98 Å². The van der Waals surface area contributed by atoms with Crippen LogP contribution in [0.15, 0.2) is 54.7 Å². The minimum atomic E-state index is 0. The molecule has 0 aliphatic heterocycles. The van der Waals surface area contributed by atoms with E-state index in [-0.39, 0.29) is 20.1 Å². The van der Waals surface area contributed by atoms with Crippen LogP contribution in [-0.2, 0) is 26.5 Å². The number of hydrogen-bond acceptors (Lipinski definition) is 1. The number of fused-ring (bicyclic) bond motifs is 3. The van der Waals surface area contributed by atoms with Gasteiger partial charge in [-0.3, -0.25) is 0 Å². The maximum absolute atomic E-state index is 4.69. The van der Waals surface area contributed by atoms with Gasteiger partial charge in [0.2, 0.25) is 0 Å². The van der Waals surface area contributed by atoms with Crippen LogP contribution in [0.5, 0.6) is 0 Å². The topological polar surface area (TPSA) is 12.9 Å². The number of nitrogens with zero attached hydrogens (tertiary/aromatic N) is 1. The van der Waals surface area contributed by atoms with E-state index < -0.39 is 0 Å². The molecule has 0 saturated carbocycles. The van der Waals surface area contributed by atoms with Crippen molar-refractivity contribution in [1.29, 1.82) is 0 Å². The Hall–Kier alpha value is -2.02. The maximum Gasteiger partial charge on any atom is 0.0167 e. The molecule has 1 nitrogen and oxygen atoms in total. The van der Waals surface area contributed by atoms with E-state index in [0.717, 1.165) is 23.2 Å². The molecule has 1 aromatic heterocycles. The van der Waals surface area contributed by atoms with E-state index in [1.165, 1.54) is 39.1 Å². The van der Waals surface area contributed by atoms with Crippen LogP contribution < -0.4 is 0 Å². The van der Waals surface area contributed by atoms with Crippen molar-refractivity contribution < 1.29 is 20.1 Å². The van der Waals surface area contributed by atoms with Crippen LogP contribution in [0.2, 0.25) is 0 Å². The summed E-state index contributed by atoms with van der Waals surface area (Å²) in [7, 11) is 0. The van der Waals surface area contributed by atoms with Crippen molar-refractivity contribution in [3.63, 3.8) is 0 Å². The van der Waals surface area contributed by atoms with E-state index in [1.807, 2.05) is 6.20 Å². The van der Waals surface area contributed by atoms with Gasteiger partial charge in [0.05, 0.1) is 0 Å². The molecule has 3 aromatic carbocycles. The molecule has 4 rings (SSSR count). The summed E-state index contributed by atoms with van der Waals surface area (Å²) in [6, 6.07) is 21.2. The van der Waals surface area contributed by atoms with E-state index in [1.54, 1.807) is 0 Å². The third-order valence-electron chi connectivity index (χ3n) is 4.77. The van der Waals surface area contributed by atoms with Gasteiger partial charge < -0.3 is 4.98 Å². The average molecular weight is 517 g/mol. The Morgan fingerprint density at radius 1 is 0.885 bits per heavy atom. The van der Waals surface area contributed by atoms with Gasteiger partial charge in [-0.1, -0.05) is 57.5 Å². The number of hydrogen-bond donors (Lipinski definition) is 0. The van der Waals surface area contributed by atoms with Gasteiger partial charge in [0, 0.05) is 26.3 Å². The van der Waals surface area contributed by atoms with Crippen LogP contribution >= 0.6 is 0 Å². The molecule has 0 aliphatic carbocycles. The quantitative estimate of drug-likeness (QED) is 0.226. The summed E-state index contributed by atoms with van der Waals surface area (Å²) in [5.41, 5.74) is 5.90. The summed E-state index contributed by atoms with van der Waals surface area (Å²) in [4.78, 5) is 4.69. The number of aromatic nitrogens is 1. The fraction of sp³-hybridized carbons (Fsp3) is 0.208. The Morgan fingerprint density at radius 3 is 2.46 bits per heavy atom. The van der Waals surface area contributed by atoms with Crippen molar-refractivity contribution in [1.82, 2.24) is 4.98 Å². The van der Waals surface area contributed by atoms with Crippen molar-refractivity contribution in [2.45, 2.75) is 33.6 Å². The van der Waals surface area contributed by atoms with Crippen molar-refractivity contribution in [2.75, 3.05) is 0 Å². The zero-order chi connectivity index (χ0) is 17.4. The SMILES string of the molecule is CCCc1ccc2ccc3c(-c4[c-]c(C)cc(C)c4)nccc3c2c1.[Ir]. The Bertz CT molecular complexity index is 1060. The standard InChI is InChI=1S/C24H22N.Ir/c1-4-5-18-6-7-19-8-9-22-21(23(19)15-18)10-11-25-24(22)20-13-16(2)12-17(3)14-20;/h6-13,15H,4-5H2,1-3H3;/q-1;. The summed E-state index contributed by atoms with van der Waals surface area (Å²) in [5.74, 6) is 0. The predicted octanol–water partition coefficient (Wildman–Crippen LogP) is 6.42. The van der Waals surface area contributed by atoms with Gasteiger partial charge in [0.1, 0.15) is 0 Å². The molecule has 26 heavy (non-hydrogen) atoms. The zero-order valence-corrected chi connectivity index (χ0v) is 17.8. The summed E-state index contributed by atoms with van der Waals surface area (Å²) in [6.07, 6.45) is 4.21. The van der Waals surface area contributed by atoms with Crippen LogP contribution in [0.1, 0.15) is 30.0 Å². The first kappa shape index (κ1) is 18.8. The van der Waals surface area contributed by atoms with Gasteiger partial charge in [-0.2, -0.15) is 0 Å². The fourth-order valence-electron chi connectivity index (χ4n) is 3.71. The van der Waals surface area contributed by atoms with Crippen molar-refractivity contribution >= 4 is 21.5 Å². The second kappa shape index (κ2) is 7.70. The summed E-state index contributed by atoms with van der Waals surface area (Å²) in [6.45, 7) is 6.45. The molecule has 4 aromatic rings. The molecule has 1 radical (unpaired) electrons. The molecule has 0 N–H and O–H groups in total. The first-order valence-corrected chi connectivity index (χ1v) is 8.97. The Balaban J connectivity index is 0.00000196. The van der Waals surface area contributed by atoms with E-state index in [0.29, 0.717) is 0 Å². The molecule has 1 heterocycles. The molecule has 0 spiro atoms. The number of aryl methyl sites for hydroxylation is 3. The normalized spacial score (nSPS) is 10.9. The fourth-order valence-corrected chi connectivity index (χ4v) is 3.71. The molecule has 0 fully saturated rings. The van der Waals surface area contributed by atoms with E-state index in [4.69, 9.17) is 4.98 Å². The van der Waals surface area contributed by atoms with Crippen molar-refractivity contribution in [3.8, 4) is 11.3 Å². The third-order valence-corrected chi connectivity index (χ3v) is 4.77. The monoisotopic (exact) mass is 517 g/mol. The molecular formula is C24H22IrN-. The predicted molar refractivity (Wildman–Crippen MR) is 107 cm³/mol. The average Bonchev–Trinajstić information content (AvgIpc) is 2.60. The molecule has 0 amide bonds.